The lowest BCUT2D eigenvalue weighted by Crippen LogP contribution is -2.14. The summed E-state index contributed by atoms with van der Waals surface area (Å²) in [4.78, 5) is 2.39. The molecule has 0 heterocycles. The van der Waals surface area contributed by atoms with Crippen LogP contribution in [0.15, 0.2) is 188 Å². The molecule has 11 rings (SSSR count). The lowest BCUT2D eigenvalue weighted by molar-refractivity contribution is 0.663. The summed E-state index contributed by atoms with van der Waals surface area (Å²) >= 11 is 0. The van der Waals surface area contributed by atoms with E-state index in [0.29, 0.717) is 0 Å². The largest absolute Gasteiger partial charge is 0.310 e. The van der Waals surface area contributed by atoms with Gasteiger partial charge < -0.3 is 4.90 Å². The van der Waals surface area contributed by atoms with E-state index in [-0.39, 0.29) is 5.41 Å². The highest BCUT2D eigenvalue weighted by Crippen LogP contribution is 2.51. The van der Waals surface area contributed by atoms with E-state index in [9.17, 15) is 0 Å². The van der Waals surface area contributed by atoms with Gasteiger partial charge in [-0.1, -0.05) is 153 Å². The first-order valence-electron chi connectivity index (χ1n) is 18.9. The molecule has 0 saturated carbocycles. The maximum atomic E-state index is 2.41. The molecule has 0 atom stereocenters. The number of nitrogens with zero attached hydrogens (tertiary/aromatic N) is 1. The molecule has 0 amide bonds. The summed E-state index contributed by atoms with van der Waals surface area (Å²) in [6, 6.07) is 69.5. The van der Waals surface area contributed by atoms with E-state index in [1.807, 2.05) is 0 Å². The Balaban J connectivity index is 1.07. The molecule has 0 unspecified atom stereocenters. The Morgan fingerprint density at radius 3 is 1.54 bits per heavy atom. The zero-order valence-corrected chi connectivity index (χ0v) is 30.3. The van der Waals surface area contributed by atoms with Gasteiger partial charge in [0.05, 0.1) is 0 Å². The van der Waals surface area contributed by atoms with Crippen LogP contribution in [0.5, 0.6) is 0 Å². The molecule has 0 spiro atoms. The number of hydrogen-bond acceptors (Lipinski definition) is 1. The molecule has 1 heteroatoms. The van der Waals surface area contributed by atoms with Crippen molar-refractivity contribution in [1.29, 1.82) is 0 Å². The van der Waals surface area contributed by atoms with E-state index >= 15 is 0 Å². The maximum absolute atomic E-state index is 2.41. The first-order chi connectivity index (χ1) is 26.5. The third-order valence-electron chi connectivity index (χ3n) is 12.0. The number of para-hydroxylation sites is 1. The molecular formula is C53H37N. The predicted molar refractivity (Wildman–Crippen MR) is 232 cm³/mol. The highest BCUT2D eigenvalue weighted by Gasteiger charge is 2.34. The van der Waals surface area contributed by atoms with Crippen molar-refractivity contribution in [3.8, 4) is 22.3 Å². The van der Waals surface area contributed by atoms with E-state index < -0.39 is 0 Å². The van der Waals surface area contributed by atoms with Crippen LogP contribution < -0.4 is 4.90 Å². The Kier molecular flexibility index (Phi) is 6.66. The standard InChI is InChI=1S/C53H37N/c1-53(2)49-26-12-16-37-33-47(46-25-13-27-50(53)52(46)51(37)49)36-15-11-20-40(31-36)54(38-17-4-3-5-18-38)39-19-10-14-34(30-39)35-28-29-45-43-23-7-6-21-41(43)42-22-8-9-24-44(42)48(45)32-35/h3-33H,1-2H3. The van der Waals surface area contributed by atoms with E-state index in [2.05, 4.69) is 207 Å². The minimum absolute atomic E-state index is 0.0249. The van der Waals surface area contributed by atoms with Crippen molar-refractivity contribution in [3.63, 3.8) is 0 Å². The average Bonchev–Trinajstić information content (AvgIpc) is 3.47. The van der Waals surface area contributed by atoms with E-state index in [1.165, 1.54) is 87.2 Å². The molecule has 54 heavy (non-hydrogen) atoms. The summed E-state index contributed by atoms with van der Waals surface area (Å²) in [6.07, 6.45) is 0. The van der Waals surface area contributed by atoms with Gasteiger partial charge >= 0.3 is 0 Å². The van der Waals surface area contributed by atoms with Crippen molar-refractivity contribution < 1.29 is 0 Å². The van der Waals surface area contributed by atoms with Gasteiger partial charge in [-0.3, -0.25) is 0 Å². The first kappa shape index (κ1) is 30.9. The van der Waals surface area contributed by atoms with Crippen molar-refractivity contribution in [2.45, 2.75) is 19.3 Å². The lowest BCUT2D eigenvalue weighted by atomic mass is 9.82. The van der Waals surface area contributed by atoms with Gasteiger partial charge in [0.2, 0.25) is 0 Å². The van der Waals surface area contributed by atoms with Gasteiger partial charge in [0.25, 0.3) is 0 Å². The van der Waals surface area contributed by atoms with Crippen LogP contribution in [0.2, 0.25) is 0 Å². The highest BCUT2D eigenvalue weighted by atomic mass is 15.1. The van der Waals surface area contributed by atoms with E-state index in [4.69, 9.17) is 0 Å². The Labute approximate surface area is 315 Å². The van der Waals surface area contributed by atoms with Gasteiger partial charge in [0, 0.05) is 22.5 Å². The maximum Gasteiger partial charge on any atom is 0.0467 e. The first-order valence-corrected chi connectivity index (χ1v) is 18.9. The molecule has 254 valence electrons. The summed E-state index contributed by atoms with van der Waals surface area (Å²) in [6.45, 7) is 4.73. The Morgan fingerprint density at radius 2 is 0.833 bits per heavy atom. The molecule has 0 aliphatic heterocycles. The SMILES string of the molecule is CC1(C)c2cccc3cc(-c4cccc(N(c5ccccc5)c5cccc(-c6ccc7c8ccccc8c8ccccc8c7c6)c5)c4)c4cccc1c4c23. The van der Waals surface area contributed by atoms with Crippen LogP contribution in [0.4, 0.5) is 17.1 Å². The number of benzene rings is 10. The Bertz CT molecular complexity index is 3100. The normalized spacial score (nSPS) is 13.1. The van der Waals surface area contributed by atoms with E-state index in [1.54, 1.807) is 0 Å². The van der Waals surface area contributed by atoms with Crippen LogP contribution in [-0.4, -0.2) is 0 Å². The molecule has 1 nitrogen and oxygen atoms in total. The van der Waals surface area contributed by atoms with Crippen LogP contribution in [0, 0.1) is 0 Å². The van der Waals surface area contributed by atoms with Gasteiger partial charge in [-0.2, -0.15) is 0 Å². The fourth-order valence-corrected chi connectivity index (χ4v) is 9.42. The average molecular weight is 688 g/mol. The fraction of sp³-hybridized carbons (Fsp3) is 0.0566. The van der Waals surface area contributed by atoms with Crippen LogP contribution in [0.25, 0.3) is 76.1 Å². The van der Waals surface area contributed by atoms with Gasteiger partial charge in [0.1, 0.15) is 0 Å². The molecule has 10 aromatic carbocycles. The van der Waals surface area contributed by atoms with Gasteiger partial charge in [-0.05, 0) is 136 Å². The lowest BCUT2D eigenvalue weighted by Gasteiger charge is -2.26. The molecule has 1 aliphatic carbocycles. The predicted octanol–water partition coefficient (Wildman–Crippen LogP) is 14.9. The smallest absolute Gasteiger partial charge is 0.0467 e. The molecular weight excluding hydrogens is 651 g/mol. The second-order valence-corrected chi connectivity index (χ2v) is 15.3. The Morgan fingerprint density at radius 1 is 0.333 bits per heavy atom. The van der Waals surface area contributed by atoms with Crippen LogP contribution in [-0.2, 0) is 5.41 Å². The van der Waals surface area contributed by atoms with Crippen molar-refractivity contribution in [2.24, 2.45) is 0 Å². The third kappa shape index (κ3) is 4.52. The minimum atomic E-state index is -0.0249. The van der Waals surface area contributed by atoms with E-state index in [0.717, 1.165) is 17.1 Å². The number of hydrogen-bond donors (Lipinski definition) is 0. The summed E-state index contributed by atoms with van der Waals surface area (Å²) < 4.78 is 0. The zero-order chi connectivity index (χ0) is 36.0. The third-order valence-corrected chi connectivity index (χ3v) is 12.0. The van der Waals surface area contributed by atoms with Gasteiger partial charge in [-0.25, -0.2) is 0 Å². The minimum Gasteiger partial charge on any atom is -0.310 e. The second-order valence-electron chi connectivity index (χ2n) is 15.3. The molecule has 10 aromatic rings. The summed E-state index contributed by atoms with van der Waals surface area (Å²) in [5, 5.41) is 13.2. The molecule has 0 N–H and O–H groups in total. The number of anilines is 3. The van der Waals surface area contributed by atoms with Crippen molar-refractivity contribution in [3.05, 3.63) is 199 Å². The fourth-order valence-electron chi connectivity index (χ4n) is 9.42. The van der Waals surface area contributed by atoms with Crippen molar-refractivity contribution >= 4 is 70.9 Å². The van der Waals surface area contributed by atoms with Gasteiger partial charge in [-0.15, -0.1) is 0 Å². The highest BCUT2D eigenvalue weighted by molar-refractivity contribution is 6.26. The van der Waals surface area contributed by atoms with Crippen LogP contribution in [0.1, 0.15) is 25.0 Å². The molecule has 0 bridgehead atoms. The molecule has 1 aliphatic rings. The van der Waals surface area contributed by atoms with Crippen molar-refractivity contribution in [2.75, 3.05) is 4.90 Å². The number of fused-ring (bicyclic) bond motifs is 6. The Hall–Kier alpha value is -6.70. The molecule has 0 aromatic heterocycles. The van der Waals surface area contributed by atoms with Crippen molar-refractivity contribution in [1.82, 2.24) is 0 Å². The van der Waals surface area contributed by atoms with Crippen LogP contribution >= 0.6 is 0 Å². The topological polar surface area (TPSA) is 3.24 Å². The quantitative estimate of drug-likeness (QED) is 0.163. The van der Waals surface area contributed by atoms with Crippen LogP contribution in [0.3, 0.4) is 0 Å². The molecule has 0 fully saturated rings. The summed E-state index contributed by atoms with van der Waals surface area (Å²) in [5.41, 5.74) is 11.1. The summed E-state index contributed by atoms with van der Waals surface area (Å²) in [5.74, 6) is 0. The summed E-state index contributed by atoms with van der Waals surface area (Å²) in [7, 11) is 0. The monoisotopic (exact) mass is 687 g/mol. The molecule has 0 saturated heterocycles. The molecule has 0 radical (unpaired) electrons. The van der Waals surface area contributed by atoms with Gasteiger partial charge in [0.15, 0.2) is 0 Å². The zero-order valence-electron chi connectivity index (χ0n) is 30.3. The second kappa shape index (κ2) is 11.7. The number of rotatable bonds is 5.